The molecule has 1 atom stereocenters. The maximum atomic E-state index is 13.0. The van der Waals surface area contributed by atoms with Crippen molar-refractivity contribution in [1.82, 2.24) is 14.7 Å². The van der Waals surface area contributed by atoms with Gasteiger partial charge in [-0.3, -0.25) is 4.68 Å². The first-order chi connectivity index (χ1) is 15.4. The van der Waals surface area contributed by atoms with Crippen molar-refractivity contribution in [3.8, 4) is 17.0 Å². The third-order valence-electron chi connectivity index (χ3n) is 5.15. The van der Waals surface area contributed by atoms with Crippen molar-refractivity contribution < 1.29 is 23.8 Å². The minimum Gasteiger partial charge on any atom is -0.488 e. The van der Waals surface area contributed by atoms with Crippen molar-refractivity contribution in [3.63, 3.8) is 0 Å². The van der Waals surface area contributed by atoms with Gasteiger partial charge in [0.25, 0.3) is 0 Å². The van der Waals surface area contributed by atoms with Crippen molar-refractivity contribution in [1.29, 1.82) is 0 Å². The van der Waals surface area contributed by atoms with Crippen molar-refractivity contribution in [2.24, 2.45) is 7.05 Å². The van der Waals surface area contributed by atoms with E-state index in [1.54, 1.807) is 36.1 Å². The summed E-state index contributed by atoms with van der Waals surface area (Å²) in [6.45, 7) is 0.713. The Hall–Kier alpha value is -4.08. The van der Waals surface area contributed by atoms with E-state index in [4.69, 9.17) is 4.74 Å². The van der Waals surface area contributed by atoms with E-state index in [-0.39, 0.29) is 11.9 Å². The van der Waals surface area contributed by atoms with E-state index in [1.165, 1.54) is 29.2 Å². The fraction of sp³-hybridized carbons (Fsp3) is 0.227. The van der Waals surface area contributed by atoms with E-state index >= 15 is 0 Å². The molecule has 1 aromatic heterocycles. The predicted octanol–water partition coefficient (Wildman–Crippen LogP) is 4.00. The molecule has 0 spiro atoms. The molecule has 1 aliphatic heterocycles. The van der Waals surface area contributed by atoms with E-state index in [0.717, 1.165) is 5.69 Å². The highest BCUT2D eigenvalue weighted by Crippen LogP contribution is 2.34. The third kappa shape index (κ3) is 4.80. The summed E-state index contributed by atoms with van der Waals surface area (Å²) < 4.78 is 20.9. The standard InChI is InChI=1S/C22H22FN5O4/c1-27-19(8-10-24-27)18-12-16(26-21(29)25-15-4-2-14(23)3-5-15)6-7-20(18)32-17-9-11-28(13-17)22(30)31/h2-8,10,12,17H,9,11,13H2,1H3,(H,30,31)(H2,25,26,29)/t17-/m0/s1. The molecule has 10 heteroatoms. The number of nitrogens with zero attached hydrogens (tertiary/aromatic N) is 3. The Morgan fingerprint density at radius 1 is 1.12 bits per heavy atom. The molecule has 1 saturated heterocycles. The molecule has 0 unspecified atom stereocenters. The summed E-state index contributed by atoms with van der Waals surface area (Å²) in [5.74, 6) is 0.177. The van der Waals surface area contributed by atoms with Crippen LogP contribution < -0.4 is 15.4 Å². The number of halogens is 1. The Kier molecular flexibility index (Phi) is 5.93. The lowest BCUT2D eigenvalue weighted by Crippen LogP contribution is -2.29. The number of carbonyl (C=O) groups is 2. The second-order valence-corrected chi connectivity index (χ2v) is 7.39. The number of hydrogen-bond acceptors (Lipinski definition) is 4. The molecule has 1 aliphatic rings. The zero-order valence-electron chi connectivity index (χ0n) is 17.3. The Labute approximate surface area is 183 Å². The summed E-state index contributed by atoms with van der Waals surface area (Å²) in [5, 5.41) is 18.8. The Bertz CT molecular complexity index is 1130. The van der Waals surface area contributed by atoms with Crippen LogP contribution in [-0.4, -0.2) is 51.1 Å². The van der Waals surface area contributed by atoms with Crippen molar-refractivity contribution in [2.75, 3.05) is 23.7 Å². The van der Waals surface area contributed by atoms with Gasteiger partial charge in [-0.15, -0.1) is 0 Å². The van der Waals surface area contributed by atoms with Gasteiger partial charge in [-0.1, -0.05) is 0 Å². The number of rotatable bonds is 5. The number of ether oxygens (including phenoxy) is 1. The van der Waals surface area contributed by atoms with Gasteiger partial charge in [-0.05, 0) is 48.5 Å². The Morgan fingerprint density at radius 3 is 2.50 bits per heavy atom. The molecule has 166 valence electrons. The topological polar surface area (TPSA) is 109 Å². The molecule has 0 saturated carbocycles. The van der Waals surface area contributed by atoms with Crippen LogP contribution in [0.4, 0.5) is 25.4 Å². The number of aryl methyl sites for hydroxylation is 1. The molecule has 2 heterocycles. The molecule has 0 radical (unpaired) electrons. The molecule has 3 amide bonds. The first-order valence-corrected chi connectivity index (χ1v) is 9.99. The third-order valence-corrected chi connectivity index (χ3v) is 5.15. The van der Waals surface area contributed by atoms with Crippen molar-refractivity contribution in [2.45, 2.75) is 12.5 Å². The van der Waals surface area contributed by atoms with Crippen LogP contribution >= 0.6 is 0 Å². The fourth-order valence-corrected chi connectivity index (χ4v) is 3.55. The Balaban J connectivity index is 1.53. The van der Waals surface area contributed by atoms with Gasteiger partial charge < -0.3 is 25.4 Å². The lowest BCUT2D eigenvalue weighted by atomic mass is 10.1. The molecule has 3 N–H and O–H groups in total. The van der Waals surface area contributed by atoms with E-state index in [1.807, 2.05) is 6.07 Å². The molecule has 9 nitrogen and oxygen atoms in total. The molecule has 4 rings (SSSR count). The fourth-order valence-electron chi connectivity index (χ4n) is 3.55. The second kappa shape index (κ2) is 8.96. The summed E-state index contributed by atoms with van der Waals surface area (Å²) in [6.07, 6.45) is 1.02. The number of likely N-dealkylation sites (tertiary alicyclic amines) is 1. The van der Waals surface area contributed by atoms with E-state index in [9.17, 15) is 19.1 Å². The largest absolute Gasteiger partial charge is 0.488 e. The maximum Gasteiger partial charge on any atom is 0.407 e. The highest BCUT2D eigenvalue weighted by molar-refractivity contribution is 6.00. The van der Waals surface area contributed by atoms with Crippen LogP contribution in [0.15, 0.2) is 54.7 Å². The summed E-state index contributed by atoms with van der Waals surface area (Å²) in [7, 11) is 1.79. The highest BCUT2D eigenvalue weighted by atomic mass is 19.1. The summed E-state index contributed by atoms with van der Waals surface area (Å²) in [5.41, 5.74) is 2.46. The Morgan fingerprint density at radius 2 is 1.84 bits per heavy atom. The van der Waals surface area contributed by atoms with Gasteiger partial charge in [-0.25, -0.2) is 14.0 Å². The lowest BCUT2D eigenvalue weighted by Gasteiger charge is -2.18. The van der Waals surface area contributed by atoms with Gasteiger partial charge >= 0.3 is 12.1 Å². The number of urea groups is 1. The SMILES string of the molecule is Cn1nccc1-c1cc(NC(=O)Nc2ccc(F)cc2)ccc1O[C@H]1CCN(C(=O)O)C1. The van der Waals surface area contributed by atoms with Gasteiger partial charge in [0.2, 0.25) is 0 Å². The quantitative estimate of drug-likeness (QED) is 0.557. The van der Waals surface area contributed by atoms with Crippen LogP contribution in [-0.2, 0) is 7.05 Å². The van der Waals surface area contributed by atoms with E-state index in [0.29, 0.717) is 42.2 Å². The van der Waals surface area contributed by atoms with Crippen LogP contribution in [0.1, 0.15) is 6.42 Å². The summed E-state index contributed by atoms with van der Waals surface area (Å²) in [4.78, 5) is 24.9. The average molecular weight is 439 g/mol. The van der Waals surface area contributed by atoms with Gasteiger partial charge in [0, 0.05) is 43.1 Å². The van der Waals surface area contributed by atoms with Gasteiger partial charge in [-0.2, -0.15) is 5.10 Å². The first-order valence-electron chi connectivity index (χ1n) is 9.99. The van der Waals surface area contributed by atoms with Crippen LogP contribution in [0, 0.1) is 5.82 Å². The number of hydrogen-bond donors (Lipinski definition) is 3. The zero-order chi connectivity index (χ0) is 22.7. The molecule has 0 aliphatic carbocycles. The van der Waals surface area contributed by atoms with Gasteiger partial charge in [0.1, 0.15) is 17.7 Å². The minimum atomic E-state index is -0.963. The molecule has 3 aromatic rings. The van der Waals surface area contributed by atoms with Crippen LogP contribution in [0.2, 0.25) is 0 Å². The van der Waals surface area contributed by atoms with Crippen LogP contribution in [0.3, 0.4) is 0 Å². The van der Waals surface area contributed by atoms with Crippen LogP contribution in [0.5, 0.6) is 5.75 Å². The molecule has 1 fully saturated rings. The molecular formula is C22H22FN5O4. The number of aromatic nitrogens is 2. The van der Waals surface area contributed by atoms with Crippen LogP contribution in [0.25, 0.3) is 11.3 Å². The number of benzene rings is 2. The van der Waals surface area contributed by atoms with Gasteiger partial charge in [0.15, 0.2) is 0 Å². The highest BCUT2D eigenvalue weighted by Gasteiger charge is 2.28. The van der Waals surface area contributed by atoms with E-state index < -0.39 is 12.1 Å². The minimum absolute atomic E-state index is 0.265. The average Bonchev–Trinajstić information content (AvgIpc) is 3.40. The first kappa shape index (κ1) is 21.2. The lowest BCUT2D eigenvalue weighted by molar-refractivity contribution is 0.146. The summed E-state index contributed by atoms with van der Waals surface area (Å²) >= 11 is 0. The summed E-state index contributed by atoms with van der Waals surface area (Å²) in [6, 6.07) is 12.0. The molecule has 0 bridgehead atoms. The predicted molar refractivity (Wildman–Crippen MR) is 116 cm³/mol. The number of anilines is 2. The second-order valence-electron chi connectivity index (χ2n) is 7.39. The van der Waals surface area contributed by atoms with E-state index in [2.05, 4.69) is 15.7 Å². The monoisotopic (exact) mass is 439 g/mol. The van der Waals surface area contributed by atoms with Crippen molar-refractivity contribution >= 4 is 23.5 Å². The number of amides is 3. The number of nitrogens with one attached hydrogen (secondary N) is 2. The number of carboxylic acid groups (broad SMARTS) is 1. The maximum absolute atomic E-state index is 13.0. The molecular weight excluding hydrogens is 417 g/mol. The zero-order valence-corrected chi connectivity index (χ0v) is 17.3. The smallest absolute Gasteiger partial charge is 0.407 e. The molecule has 32 heavy (non-hydrogen) atoms. The number of carbonyl (C=O) groups excluding carboxylic acids is 1. The van der Waals surface area contributed by atoms with Crippen molar-refractivity contribution in [3.05, 3.63) is 60.5 Å². The van der Waals surface area contributed by atoms with Gasteiger partial charge in [0.05, 0.1) is 12.2 Å². The normalized spacial score (nSPS) is 15.4. The molecule has 2 aromatic carbocycles.